The molecule has 0 amide bonds. The normalized spacial score (nSPS) is 12.6. The van der Waals surface area contributed by atoms with E-state index in [2.05, 4.69) is 23.8 Å². The van der Waals surface area contributed by atoms with Gasteiger partial charge in [-0.25, -0.2) is 0 Å². The van der Waals surface area contributed by atoms with Gasteiger partial charge in [0, 0.05) is 23.7 Å². The van der Waals surface area contributed by atoms with E-state index in [1.165, 1.54) is 24.1 Å². The molecule has 0 bridgehead atoms. The molecular weight excluding hydrogens is 204 g/mol. The van der Waals surface area contributed by atoms with Gasteiger partial charge in [0.25, 0.3) is 0 Å². The minimum atomic E-state index is 0.594. The molecule has 1 heterocycles. The fourth-order valence-electron chi connectivity index (χ4n) is 1.45. The van der Waals surface area contributed by atoms with Crippen LogP contribution in [0.15, 0.2) is 24.4 Å². The second-order valence-corrected chi connectivity index (χ2v) is 4.79. The van der Waals surface area contributed by atoms with Crippen LogP contribution in [0.3, 0.4) is 0 Å². The first-order valence-electron chi connectivity index (χ1n) is 5.54. The molecule has 0 radical (unpaired) electrons. The molecule has 0 aliphatic rings. The number of rotatable bonds is 8. The smallest absolute Gasteiger partial charge is 0.0794 e. The fourth-order valence-corrected chi connectivity index (χ4v) is 1.99. The highest BCUT2D eigenvalue weighted by Gasteiger charge is 2.01. The molecule has 0 saturated heterocycles. The van der Waals surface area contributed by atoms with Crippen molar-refractivity contribution >= 4 is 11.3 Å². The van der Waals surface area contributed by atoms with Crippen LogP contribution in [0.5, 0.6) is 0 Å². The Morgan fingerprint density at radius 2 is 2.47 bits per heavy atom. The zero-order valence-corrected chi connectivity index (χ0v) is 10.2. The van der Waals surface area contributed by atoms with Gasteiger partial charge in [0.2, 0.25) is 0 Å². The lowest BCUT2D eigenvalue weighted by Crippen LogP contribution is -2.24. The third kappa shape index (κ3) is 5.70. The summed E-state index contributed by atoms with van der Waals surface area (Å²) < 4.78 is 0. The third-order valence-corrected chi connectivity index (χ3v) is 3.18. The molecule has 1 aromatic rings. The van der Waals surface area contributed by atoms with E-state index in [-0.39, 0.29) is 0 Å². The molecule has 1 N–H and O–H groups in total. The van der Waals surface area contributed by atoms with Crippen LogP contribution in [0.2, 0.25) is 0 Å². The van der Waals surface area contributed by atoms with Crippen molar-refractivity contribution in [2.45, 2.75) is 45.2 Å². The lowest BCUT2D eigenvalue weighted by Gasteiger charge is -2.12. The minimum Gasteiger partial charge on any atom is -0.309 e. The van der Waals surface area contributed by atoms with Crippen molar-refractivity contribution in [2.24, 2.45) is 0 Å². The standard InChI is InChI=1S/C12H20N2S/c1-3-4-5-6-7-11(2)14-9-12-8-13-10-15-12/h3,8,10-11,14H,1,4-7,9H2,2H3. The maximum atomic E-state index is 4.05. The van der Waals surface area contributed by atoms with Gasteiger partial charge in [-0.15, -0.1) is 17.9 Å². The molecular formula is C12H20N2S. The molecule has 3 heteroatoms. The van der Waals surface area contributed by atoms with E-state index >= 15 is 0 Å². The largest absolute Gasteiger partial charge is 0.309 e. The number of hydrogen-bond donors (Lipinski definition) is 1. The van der Waals surface area contributed by atoms with Crippen molar-refractivity contribution in [1.29, 1.82) is 0 Å². The van der Waals surface area contributed by atoms with Crippen LogP contribution >= 0.6 is 11.3 Å². The fraction of sp³-hybridized carbons (Fsp3) is 0.583. The summed E-state index contributed by atoms with van der Waals surface area (Å²) in [5, 5.41) is 3.51. The lowest BCUT2D eigenvalue weighted by molar-refractivity contribution is 0.492. The molecule has 0 aromatic carbocycles. The molecule has 0 aliphatic carbocycles. The van der Waals surface area contributed by atoms with E-state index < -0.39 is 0 Å². The van der Waals surface area contributed by atoms with Crippen molar-refractivity contribution in [2.75, 3.05) is 0 Å². The number of nitrogens with zero attached hydrogens (tertiary/aromatic N) is 1. The first-order chi connectivity index (χ1) is 7.33. The van der Waals surface area contributed by atoms with Crippen LogP contribution < -0.4 is 5.32 Å². The molecule has 1 aromatic heterocycles. The van der Waals surface area contributed by atoms with E-state index in [0.29, 0.717) is 6.04 Å². The van der Waals surface area contributed by atoms with Gasteiger partial charge >= 0.3 is 0 Å². The maximum absolute atomic E-state index is 4.05. The lowest BCUT2D eigenvalue weighted by atomic mass is 10.1. The highest BCUT2D eigenvalue weighted by Crippen LogP contribution is 2.07. The van der Waals surface area contributed by atoms with Crippen LogP contribution in [-0.4, -0.2) is 11.0 Å². The molecule has 1 atom stereocenters. The van der Waals surface area contributed by atoms with Crippen molar-refractivity contribution < 1.29 is 0 Å². The molecule has 84 valence electrons. The average Bonchev–Trinajstić information content (AvgIpc) is 2.74. The van der Waals surface area contributed by atoms with Crippen LogP contribution in [0, 0.1) is 0 Å². The van der Waals surface area contributed by atoms with Gasteiger partial charge in [-0.3, -0.25) is 4.98 Å². The van der Waals surface area contributed by atoms with E-state index in [0.717, 1.165) is 13.0 Å². The topological polar surface area (TPSA) is 24.9 Å². The summed E-state index contributed by atoms with van der Waals surface area (Å²) in [6, 6.07) is 0.594. The van der Waals surface area contributed by atoms with E-state index in [4.69, 9.17) is 0 Å². The summed E-state index contributed by atoms with van der Waals surface area (Å²) in [7, 11) is 0. The van der Waals surface area contributed by atoms with Gasteiger partial charge in [-0.05, 0) is 26.2 Å². The van der Waals surface area contributed by atoms with Crippen molar-refractivity contribution in [3.63, 3.8) is 0 Å². The Morgan fingerprint density at radius 1 is 1.60 bits per heavy atom. The summed E-state index contributed by atoms with van der Waals surface area (Å²) in [6.07, 6.45) is 8.85. The maximum Gasteiger partial charge on any atom is 0.0794 e. The molecule has 15 heavy (non-hydrogen) atoms. The Bertz CT molecular complexity index is 257. The predicted molar refractivity (Wildman–Crippen MR) is 67.1 cm³/mol. The van der Waals surface area contributed by atoms with Crippen LogP contribution in [0.4, 0.5) is 0 Å². The molecule has 0 fully saturated rings. The van der Waals surface area contributed by atoms with Crippen LogP contribution in [-0.2, 0) is 6.54 Å². The molecule has 2 nitrogen and oxygen atoms in total. The van der Waals surface area contributed by atoms with Crippen molar-refractivity contribution in [3.8, 4) is 0 Å². The number of allylic oxidation sites excluding steroid dienone is 1. The first kappa shape index (κ1) is 12.4. The molecule has 1 unspecified atom stereocenters. The molecule has 0 spiro atoms. The van der Waals surface area contributed by atoms with Gasteiger partial charge in [-0.2, -0.15) is 0 Å². The molecule has 1 rings (SSSR count). The van der Waals surface area contributed by atoms with E-state index in [1.807, 2.05) is 17.8 Å². The first-order valence-corrected chi connectivity index (χ1v) is 6.42. The zero-order valence-electron chi connectivity index (χ0n) is 9.41. The Kier molecular flexibility index (Phi) is 6.28. The van der Waals surface area contributed by atoms with Crippen LogP contribution in [0.25, 0.3) is 0 Å². The van der Waals surface area contributed by atoms with Gasteiger partial charge in [0.1, 0.15) is 0 Å². The summed E-state index contributed by atoms with van der Waals surface area (Å²) >= 11 is 1.71. The number of aromatic nitrogens is 1. The van der Waals surface area contributed by atoms with Crippen LogP contribution in [0.1, 0.15) is 37.5 Å². The second-order valence-electron chi connectivity index (χ2n) is 3.82. The van der Waals surface area contributed by atoms with Gasteiger partial charge in [-0.1, -0.05) is 12.5 Å². The number of thiazole rings is 1. The summed E-state index contributed by atoms with van der Waals surface area (Å²) in [4.78, 5) is 5.37. The van der Waals surface area contributed by atoms with Gasteiger partial charge in [0.05, 0.1) is 5.51 Å². The molecule has 0 saturated carbocycles. The van der Waals surface area contributed by atoms with Crippen molar-refractivity contribution in [3.05, 3.63) is 29.2 Å². The zero-order chi connectivity index (χ0) is 10.9. The number of hydrogen-bond acceptors (Lipinski definition) is 3. The van der Waals surface area contributed by atoms with Gasteiger partial charge < -0.3 is 5.32 Å². The second kappa shape index (κ2) is 7.60. The van der Waals surface area contributed by atoms with E-state index in [9.17, 15) is 0 Å². The van der Waals surface area contributed by atoms with Gasteiger partial charge in [0.15, 0.2) is 0 Å². The summed E-state index contributed by atoms with van der Waals surface area (Å²) in [6.45, 7) is 6.92. The predicted octanol–water partition coefficient (Wildman–Crippen LogP) is 3.37. The average molecular weight is 224 g/mol. The van der Waals surface area contributed by atoms with Crippen molar-refractivity contribution in [1.82, 2.24) is 10.3 Å². The Hall–Kier alpha value is -0.670. The third-order valence-electron chi connectivity index (χ3n) is 2.40. The summed E-state index contributed by atoms with van der Waals surface area (Å²) in [5.41, 5.74) is 1.88. The summed E-state index contributed by atoms with van der Waals surface area (Å²) in [5.74, 6) is 0. The number of unbranched alkanes of at least 4 members (excludes halogenated alkanes) is 2. The monoisotopic (exact) mass is 224 g/mol. The molecule has 0 aliphatic heterocycles. The highest BCUT2D eigenvalue weighted by atomic mass is 32.1. The van der Waals surface area contributed by atoms with E-state index in [1.54, 1.807) is 11.3 Å². The number of nitrogens with one attached hydrogen (secondary N) is 1. The SMILES string of the molecule is C=CCCCCC(C)NCc1cncs1. The minimum absolute atomic E-state index is 0.594. The Morgan fingerprint density at radius 3 is 3.13 bits per heavy atom. The Balaban J connectivity index is 2.03. The quantitative estimate of drug-likeness (QED) is 0.541. The Labute approximate surface area is 96.4 Å². The highest BCUT2D eigenvalue weighted by molar-refractivity contribution is 7.09.